The van der Waals surface area contributed by atoms with E-state index in [9.17, 15) is 10.1 Å². The highest BCUT2D eigenvalue weighted by Crippen LogP contribution is 2.42. The molecule has 0 bridgehead atoms. The minimum atomic E-state index is -0.923. The van der Waals surface area contributed by atoms with Gasteiger partial charge in [-0.2, -0.15) is 5.26 Å². The Morgan fingerprint density at radius 1 is 1.42 bits per heavy atom. The first-order valence-electron chi connectivity index (χ1n) is 7.56. The zero-order valence-electron chi connectivity index (χ0n) is 13.2. The summed E-state index contributed by atoms with van der Waals surface area (Å²) < 4.78 is 5.18. The van der Waals surface area contributed by atoms with E-state index in [0.29, 0.717) is 16.5 Å². The van der Waals surface area contributed by atoms with Crippen LogP contribution in [-0.4, -0.2) is 28.9 Å². The van der Waals surface area contributed by atoms with Crippen LogP contribution in [0.2, 0.25) is 0 Å². The van der Waals surface area contributed by atoms with Gasteiger partial charge in [0.15, 0.2) is 0 Å². The molecular formula is C18H16N2O3S. The fourth-order valence-corrected chi connectivity index (χ4v) is 3.20. The molecule has 1 aliphatic rings. The van der Waals surface area contributed by atoms with Gasteiger partial charge in [-0.1, -0.05) is 23.9 Å². The number of hydrogen-bond donors (Lipinski definition) is 1. The fourth-order valence-electron chi connectivity index (χ4n) is 2.47. The number of thioether (sulfide) groups is 1. The Labute approximate surface area is 144 Å². The van der Waals surface area contributed by atoms with Crippen LogP contribution in [0.1, 0.15) is 30.0 Å². The van der Waals surface area contributed by atoms with Gasteiger partial charge in [-0.15, -0.1) is 0 Å². The lowest BCUT2D eigenvalue weighted by Gasteiger charge is -2.12. The summed E-state index contributed by atoms with van der Waals surface area (Å²) in [5.74, 6) is 0.124. The lowest BCUT2D eigenvalue weighted by molar-refractivity contribution is -0.133. The first-order valence-corrected chi connectivity index (χ1v) is 8.55. The smallest absolute Gasteiger partial charge is 0.313 e. The van der Waals surface area contributed by atoms with Gasteiger partial charge in [-0.3, -0.25) is 4.79 Å². The molecule has 0 unspecified atom stereocenters. The van der Waals surface area contributed by atoms with Crippen LogP contribution in [0.15, 0.2) is 35.4 Å². The number of methoxy groups -OCH3 is 1. The van der Waals surface area contributed by atoms with Crippen molar-refractivity contribution < 1.29 is 14.6 Å². The van der Waals surface area contributed by atoms with Crippen molar-refractivity contribution in [1.82, 2.24) is 4.98 Å². The molecule has 0 spiro atoms. The Balaban J connectivity index is 2.08. The van der Waals surface area contributed by atoms with Crippen LogP contribution in [0, 0.1) is 11.3 Å². The Morgan fingerprint density at radius 2 is 2.12 bits per heavy atom. The van der Waals surface area contributed by atoms with E-state index in [-0.39, 0.29) is 5.75 Å². The molecule has 1 aromatic heterocycles. The van der Waals surface area contributed by atoms with Crippen molar-refractivity contribution in [3.8, 4) is 22.9 Å². The molecule has 24 heavy (non-hydrogen) atoms. The predicted molar refractivity (Wildman–Crippen MR) is 91.3 cm³/mol. The third-order valence-electron chi connectivity index (χ3n) is 3.85. The van der Waals surface area contributed by atoms with Gasteiger partial charge in [-0.05, 0) is 36.6 Å². The maximum Gasteiger partial charge on any atom is 0.313 e. The molecule has 1 aromatic carbocycles. The van der Waals surface area contributed by atoms with E-state index >= 15 is 0 Å². The second-order valence-corrected chi connectivity index (χ2v) is 6.54. The number of hydrogen-bond acceptors (Lipinski definition) is 5. The molecule has 0 amide bonds. The molecule has 1 aliphatic carbocycles. The first kappa shape index (κ1) is 16.3. The fraction of sp³-hybridized carbons (Fsp3) is 0.278. The van der Waals surface area contributed by atoms with Crippen LogP contribution in [-0.2, 0) is 4.79 Å². The third-order valence-corrected chi connectivity index (χ3v) is 4.81. The molecule has 0 atom stereocenters. The van der Waals surface area contributed by atoms with Gasteiger partial charge in [0.05, 0.1) is 18.4 Å². The van der Waals surface area contributed by atoms with Crippen molar-refractivity contribution in [1.29, 1.82) is 5.26 Å². The van der Waals surface area contributed by atoms with E-state index < -0.39 is 5.97 Å². The number of ether oxygens (including phenoxy) is 1. The van der Waals surface area contributed by atoms with Crippen LogP contribution in [0.3, 0.4) is 0 Å². The molecule has 1 heterocycles. The summed E-state index contributed by atoms with van der Waals surface area (Å²) in [4.78, 5) is 15.4. The zero-order valence-corrected chi connectivity index (χ0v) is 14.0. The summed E-state index contributed by atoms with van der Waals surface area (Å²) >= 11 is 1.10. The second-order valence-electron chi connectivity index (χ2n) is 5.57. The molecule has 3 rings (SSSR count). The number of aromatic nitrogens is 1. The number of pyridine rings is 1. The molecular weight excluding hydrogens is 324 g/mol. The normalized spacial score (nSPS) is 13.3. The molecule has 6 heteroatoms. The summed E-state index contributed by atoms with van der Waals surface area (Å²) in [6, 6.07) is 11.6. The number of aliphatic carboxylic acids is 1. The standard InChI is InChI=1S/C18H16N2O3S/c1-23-13-6-4-11(5-7-13)14-8-16(12-2-3-12)20-18(15(14)9-19)24-10-17(21)22/h4-8,12H,2-3,10H2,1H3,(H,21,22). The van der Waals surface area contributed by atoms with Crippen LogP contribution < -0.4 is 4.74 Å². The van der Waals surface area contributed by atoms with Crippen molar-refractivity contribution >= 4 is 17.7 Å². The summed E-state index contributed by atoms with van der Waals surface area (Å²) in [6.07, 6.45) is 2.17. The highest BCUT2D eigenvalue weighted by molar-refractivity contribution is 7.99. The Morgan fingerprint density at radius 3 is 2.67 bits per heavy atom. The van der Waals surface area contributed by atoms with Gasteiger partial charge in [0.2, 0.25) is 0 Å². The number of benzene rings is 1. The molecule has 5 nitrogen and oxygen atoms in total. The monoisotopic (exact) mass is 340 g/mol. The molecule has 1 saturated carbocycles. The highest BCUT2D eigenvalue weighted by Gasteiger charge is 2.27. The zero-order chi connectivity index (χ0) is 17.1. The maximum absolute atomic E-state index is 10.9. The summed E-state index contributed by atoms with van der Waals surface area (Å²) in [5.41, 5.74) is 3.06. The van der Waals surface area contributed by atoms with E-state index in [2.05, 4.69) is 11.1 Å². The maximum atomic E-state index is 10.9. The Kier molecular flexibility index (Phi) is 4.72. The van der Waals surface area contributed by atoms with Crippen LogP contribution >= 0.6 is 11.8 Å². The number of rotatable bonds is 6. The van der Waals surface area contributed by atoms with Gasteiger partial charge in [0.25, 0.3) is 0 Å². The van der Waals surface area contributed by atoms with E-state index in [0.717, 1.165) is 47.2 Å². The predicted octanol–water partition coefficient (Wildman–Crippen LogP) is 3.68. The van der Waals surface area contributed by atoms with Crippen LogP contribution in [0.4, 0.5) is 0 Å². The lowest BCUT2D eigenvalue weighted by Crippen LogP contribution is -2.02. The molecule has 122 valence electrons. The quantitative estimate of drug-likeness (QED) is 0.808. The third kappa shape index (κ3) is 3.52. The van der Waals surface area contributed by atoms with Crippen molar-refractivity contribution in [2.24, 2.45) is 0 Å². The number of nitriles is 1. The number of carbonyl (C=O) groups is 1. The first-order chi connectivity index (χ1) is 11.6. The van der Waals surface area contributed by atoms with Crippen LogP contribution in [0.5, 0.6) is 5.75 Å². The largest absolute Gasteiger partial charge is 0.497 e. The SMILES string of the molecule is COc1ccc(-c2cc(C3CC3)nc(SCC(=O)O)c2C#N)cc1. The van der Waals surface area contributed by atoms with Gasteiger partial charge in [-0.25, -0.2) is 4.98 Å². The minimum absolute atomic E-state index is 0.113. The van der Waals surface area contributed by atoms with E-state index in [1.165, 1.54) is 0 Å². The van der Waals surface area contributed by atoms with Crippen molar-refractivity contribution in [3.05, 3.63) is 41.6 Å². The number of nitrogens with zero attached hydrogens (tertiary/aromatic N) is 2. The molecule has 1 fully saturated rings. The van der Waals surface area contributed by atoms with Crippen LogP contribution in [0.25, 0.3) is 11.1 Å². The summed E-state index contributed by atoms with van der Waals surface area (Å²) in [5, 5.41) is 19.0. The van der Waals surface area contributed by atoms with Gasteiger partial charge >= 0.3 is 5.97 Å². The van der Waals surface area contributed by atoms with Gasteiger partial charge < -0.3 is 9.84 Å². The number of carboxylic acid groups (broad SMARTS) is 1. The van der Waals surface area contributed by atoms with Crippen molar-refractivity contribution in [2.75, 3.05) is 12.9 Å². The van der Waals surface area contributed by atoms with Gasteiger partial charge in [0.1, 0.15) is 16.8 Å². The topological polar surface area (TPSA) is 83.2 Å². The van der Waals surface area contributed by atoms with E-state index in [4.69, 9.17) is 9.84 Å². The average molecular weight is 340 g/mol. The second kappa shape index (κ2) is 6.93. The van der Waals surface area contributed by atoms with E-state index in [1.807, 2.05) is 30.3 Å². The lowest BCUT2D eigenvalue weighted by atomic mass is 10.00. The van der Waals surface area contributed by atoms with Crippen molar-refractivity contribution in [3.63, 3.8) is 0 Å². The summed E-state index contributed by atoms with van der Waals surface area (Å²) in [6.45, 7) is 0. The van der Waals surface area contributed by atoms with Crippen molar-refractivity contribution in [2.45, 2.75) is 23.8 Å². The molecule has 0 saturated heterocycles. The van der Waals surface area contributed by atoms with E-state index in [1.54, 1.807) is 7.11 Å². The average Bonchev–Trinajstić information content (AvgIpc) is 3.44. The number of carboxylic acids is 1. The molecule has 1 N–H and O–H groups in total. The van der Waals surface area contributed by atoms with Gasteiger partial charge in [0, 0.05) is 17.2 Å². The molecule has 0 aliphatic heterocycles. The molecule has 2 aromatic rings. The highest BCUT2D eigenvalue weighted by atomic mass is 32.2. The minimum Gasteiger partial charge on any atom is -0.497 e. The Hall–Kier alpha value is -2.52. The molecule has 0 radical (unpaired) electrons. The Bertz CT molecular complexity index is 808. The summed E-state index contributed by atoms with van der Waals surface area (Å²) in [7, 11) is 1.61.